The predicted octanol–water partition coefficient (Wildman–Crippen LogP) is 1.17. The van der Waals surface area contributed by atoms with E-state index in [0.29, 0.717) is 25.4 Å². The van der Waals surface area contributed by atoms with E-state index in [1.165, 1.54) is 7.11 Å². The zero-order valence-corrected chi connectivity index (χ0v) is 14.5. The molecule has 0 radical (unpaired) electrons. The van der Waals surface area contributed by atoms with Crippen LogP contribution in [0.4, 0.5) is 10.5 Å². The van der Waals surface area contributed by atoms with E-state index in [-0.39, 0.29) is 11.8 Å². The third-order valence-electron chi connectivity index (χ3n) is 4.31. The van der Waals surface area contributed by atoms with Gasteiger partial charge in [-0.2, -0.15) is 5.10 Å². The van der Waals surface area contributed by atoms with Crippen LogP contribution in [0.1, 0.15) is 5.56 Å². The van der Waals surface area contributed by atoms with Gasteiger partial charge in [-0.25, -0.2) is 4.79 Å². The van der Waals surface area contributed by atoms with Crippen LogP contribution in [0.3, 0.4) is 0 Å². The van der Waals surface area contributed by atoms with Crippen LogP contribution < -0.4 is 15.0 Å². The van der Waals surface area contributed by atoms with Crippen LogP contribution in [0.2, 0.25) is 0 Å². The molecular formula is C17H23N5O3. The molecule has 0 saturated carbocycles. The average molecular weight is 345 g/mol. The third kappa shape index (κ3) is 3.96. The lowest BCUT2D eigenvalue weighted by molar-refractivity contribution is 0.194. The van der Waals surface area contributed by atoms with Gasteiger partial charge in [0.25, 0.3) is 0 Å². The lowest BCUT2D eigenvalue weighted by atomic mass is 10.2. The molecule has 0 atom stereocenters. The van der Waals surface area contributed by atoms with Crippen LogP contribution in [-0.2, 0) is 13.6 Å². The van der Waals surface area contributed by atoms with Gasteiger partial charge in [-0.05, 0) is 17.7 Å². The van der Waals surface area contributed by atoms with Gasteiger partial charge >= 0.3 is 6.03 Å². The summed E-state index contributed by atoms with van der Waals surface area (Å²) in [5.41, 5.74) is 1.95. The lowest BCUT2D eigenvalue weighted by Crippen LogP contribution is -2.51. The van der Waals surface area contributed by atoms with Crippen LogP contribution in [0.25, 0.3) is 0 Å². The summed E-state index contributed by atoms with van der Waals surface area (Å²) >= 11 is 0. The van der Waals surface area contributed by atoms with Crippen LogP contribution in [-0.4, -0.2) is 59.1 Å². The molecule has 134 valence electrons. The largest absolute Gasteiger partial charge is 0.504 e. The molecule has 8 heteroatoms. The summed E-state index contributed by atoms with van der Waals surface area (Å²) < 4.78 is 6.86. The van der Waals surface area contributed by atoms with Gasteiger partial charge in [-0.3, -0.25) is 4.68 Å². The van der Waals surface area contributed by atoms with Crippen molar-refractivity contribution in [2.24, 2.45) is 7.05 Å². The number of piperazine rings is 1. The molecule has 1 aromatic heterocycles. The van der Waals surface area contributed by atoms with Gasteiger partial charge in [-0.1, -0.05) is 6.07 Å². The smallest absolute Gasteiger partial charge is 0.317 e. The molecule has 2 aromatic rings. The summed E-state index contributed by atoms with van der Waals surface area (Å²) in [4.78, 5) is 16.4. The minimum absolute atomic E-state index is 0.0853. The van der Waals surface area contributed by atoms with Crippen molar-refractivity contribution in [3.05, 3.63) is 36.2 Å². The molecule has 25 heavy (non-hydrogen) atoms. The van der Waals surface area contributed by atoms with Crippen molar-refractivity contribution in [3.63, 3.8) is 0 Å². The van der Waals surface area contributed by atoms with Crippen LogP contribution in [0.15, 0.2) is 30.6 Å². The maximum atomic E-state index is 12.3. The number of phenols is 1. The number of nitrogens with zero attached hydrogens (tertiary/aromatic N) is 4. The van der Waals surface area contributed by atoms with E-state index in [2.05, 4.69) is 15.3 Å². The highest BCUT2D eigenvalue weighted by Gasteiger charge is 2.21. The first kappa shape index (κ1) is 16.9. The van der Waals surface area contributed by atoms with Crippen molar-refractivity contribution in [2.75, 3.05) is 38.2 Å². The zero-order chi connectivity index (χ0) is 17.8. The van der Waals surface area contributed by atoms with Gasteiger partial charge in [0, 0.05) is 46.0 Å². The van der Waals surface area contributed by atoms with Gasteiger partial charge < -0.3 is 25.0 Å². The summed E-state index contributed by atoms with van der Waals surface area (Å²) in [6, 6.07) is 4.96. The molecule has 0 bridgehead atoms. The van der Waals surface area contributed by atoms with Gasteiger partial charge in [0.2, 0.25) is 0 Å². The van der Waals surface area contributed by atoms with Crippen molar-refractivity contribution in [3.8, 4) is 11.5 Å². The fourth-order valence-corrected chi connectivity index (χ4v) is 2.86. The number of urea groups is 1. The molecule has 2 amide bonds. The first-order chi connectivity index (χ1) is 12.1. The molecule has 3 rings (SSSR count). The van der Waals surface area contributed by atoms with Gasteiger partial charge in [-0.15, -0.1) is 0 Å². The number of hydrogen-bond acceptors (Lipinski definition) is 5. The van der Waals surface area contributed by atoms with Crippen molar-refractivity contribution in [1.29, 1.82) is 0 Å². The molecule has 8 nitrogen and oxygen atoms in total. The van der Waals surface area contributed by atoms with Crippen molar-refractivity contribution in [1.82, 2.24) is 20.0 Å². The SMILES string of the molecule is COc1cc(CNC(=O)N2CCN(c3cnn(C)c3)CC2)ccc1O. The summed E-state index contributed by atoms with van der Waals surface area (Å²) in [6.07, 6.45) is 3.82. The number of anilines is 1. The number of benzene rings is 1. The molecule has 0 aliphatic carbocycles. The highest BCUT2D eigenvalue weighted by atomic mass is 16.5. The Bertz CT molecular complexity index is 738. The summed E-state index contributed by atoms with van der Waals surface area (Å²) in [6.45, 7) is 3.29. The first-order valence-electron chi connectivity index (χ1n) is 8.19. The molecule has 1 saturated heterocycles. The Morgan fingerprint density at radius 1 is 1.32 bits per heavy atom. The number of methoxy groups -OCH3 is 1. The van der Waals surface area contributed by atoms with Crippen LogP contribution in [0, 0.1) is 0 Å². The fourth-order valence-electron chi connectivity index (χ4n) is 2.86. The number of carbonyl (C=O) groups excluding carboxylic acids is 1. The van der Waals surface area contributed by atoms with E-state index in [9.17, 15) is 9.90 Å². The number of ether oxygens (including phenoxy) is 1. The molecule has 2 N–H and O–H groups in total. The summed E-state index contributed by atoms with van der Waals surface area (Å²) in [5.74, 6) is 0.487. The number of hydrogen-bond donors (Lipinski definition) is 2. The molecular weight excluding hydrogens is 322 g/mol. The van der Waals surface area contributed by atoms with Gasteiger partial charge in [0.1, 0.15) is 0 Å². The average Bonchev–Trinajstić information content (AvgIpc) is 3.07. The second-order valence-corrected chi connectivity index (χ2v) is 6.01. The Morgan fingerprint density at radius 2 is 2.08 bits per heavy atom. The molecule has 2 heterocycles. The number of phenolic OH excluding ortho intramolecular Hbond substituents is 1. The Kier molecular flexibility index (Phi) is 4.97. The molecule has 0 unspecified atom stereocenters. The van der Waals surface area contributed by atoms with Crippen LogP contribution >= 0.6 is 0 Å². The second kappa shape index (κ2) is 7.33. The molecule has 1 aliphatic heterocycles. The molecule has 1 aromatic carbocycles. The third-order valence-corrected chi connectivity index (χ3v) is 4.31. The molecule has 1 aliphatic rings. The Balaban J connectivity index is 1.49. The monoisotopic (exact) mass is 345 g/mol. The highest BCUT2D eigenvalue weighted by molar-refractivity contribution is 5.74. The number of nitrogens with one attached hydrogen (secondary N) is 1. The van der Waals surface area contributed by atoms with E-state index < -0.39 is 0 Å². The fraction of sp³-hybridized carbons (Fsp3) is 0.412. The van der Waals surface area contributed by atoms with Crippen molar-refractivity contribution in [2.45, 2.75) is 6.54 Å². The molecule has 1 fully saturated rings. The normalized spacial score (nSPS) is 14.5. The second-order valence-electron chi connectivity index (χ2n) is 6.01. The van der Waals surface area contributed by atoms with Gasteiger partial charge in [0.05, 0.1) is 19.0 Å². The van der Waals surface area contributed by atoms with E-state index in [1.54, 1.807) is 22.9 Å². The maximum Gasteiger partial charge on any atom is 0.317 e. The summed E-state index contributed by atoms with van der Waals surface area (Å²) in [5, 5.41) is 16.7. The van der Waals surface area contributed by atoms with E-state index >= 15 is 0 Å². The topological polar surface area (TPSA) is 82.9 Å². The quantitative estimate of drug-likeness (QED) is 0.869. The van der Waals surface area contributed by atoms with E-state index in [0.717, 1.165) is 24.3 Å². The predicted molar refractivity (Wildman–Crippen MR) is 93.9 cm³/mol. The number of rotatable bonds is 4. The number of aryl methyl sites for hydroxylation is 1. The Morgan fingerprint density at radius 3 is 2.72 bits per heavy atom. The van der Waals surface area contributed by atoms with E-state index in [1.807, 2.05) is 24.3 Å². The first-order valence-corrected chi connectivity index (χ1v) is 8.19. The minimum Gasteiger partial charge on any atom is -0.504 e. The summed E-state index contributed by atoms with van der Waals surface area (Å²) in [7, 11) is 3.39. The van der Waals surface area contributed by atoms with E-state index in [4.69, 9.17) is 4.74 Å². The van der Waals surface area contributed by atoms with Crippen LogP contribution in [0.5, 0.6) is 11.5 Å². The Labute approximate surface area is 146 Å². The lowest BCUT2D eigenvalue weighted by Gasteiger charge is -2.35. The number of aromatic hydroxyl groups is 1. The Hall–Kier alpha value is -2.90. The standard InChI is InChI=1S/C17H23N5O3/c1-20-12-14(11-19-20)21-5-7-22(8-6-21)17(24)18-10-13-3-4-15(23)16(9-13)25-2/h3-4,9,11-12,23H,5-8,10H2,1-2H3,(H,18,24). The minimum atomic E-state index is -0.0853. The molecule has 0 spiro atoms. The number of amides is 2. The van der Waals surface area contributed by atoms with Gasteiger partial charge in [0.15, 0.2) is 11.5 Å². The number of carbonyl (C=O) groups is 1. The number of aromatic nitrogens is 2. The van der Waals surface area contributed by atoms with Crippen molar-refractivity contribution < 1.29 is 14.6 Å². The van der Waals surface area contributed by atoms with Crippen molar-refractivity contribution >= 4 is 11.7 Å². The maximum absolute atomic E-state index is 12.3. The zero-order valence-electron chi connectivity index (χ0n) is 14.5. The highest BCUT2D eigenvalue weighted by Crippen LogP contribution is 2.26.